The Balaban J connectivity index is 1.52. The van der Waals surface area contributed by atoms with Gasteiger partial charge in [-0.25, -0.2) is 18.4 Å². The standard InChI is InChI=1S/C36H44F2O5/c1-4-6-8-10-11-13-23-41-30-21-19-28(20-22-30)27-15-17-29(18-16-27)35(39)43-31-24-32(37)34(33(38)25-31)36(40)42-26(3)14-12-9-7-5-2/h15-22,24-26H,4-14,23H2,1-3H3. The fourth-order valence-electron chi connectivity index (χ4n) is 4.74. The van der Waals surface area contributed by atoms with Crippen molar-refractivity contribution in [2.24, 2.45) is 0 Å². The predicted molar refractivity (Wildman–Crippen MR) is 166 cm³/mol. The van der Waals surface area contributed by atoms with E-state index in [1.165, 1.54) is 32.1 Å². The van der Waals surface area contributed by atoms with Crippen molar-refractivity contribution in [1.29, 1.82) is 0 Å². The smallest absolute Gasteiger partial charge is 0.344 e. The monoisotopic (exact) mass is 594 g/mol. The topological polar surface area (TPSA) is 61.8 Å². The molecule has 3 aromatic rings. The van der Waals surface area contributed by atoms with Gasteiger partial charge in [-0.1, -0.05) is 89.5 Å². The van der Waals surface area contributed by atoms with E-state index < -0.39 is 35.2 Å². The highest BCUT2D eigenvalue weighted by Crippen LogP contribution is 2.26. The quantitative estimate of drug-likeness (QED) is 0.0833. The minimum Gasteiger partial charge on any atom is -0.494 e. The second-order valence-corrected chi connectivity index (χ2v) is 10.9. The number of ether oxygens (including phenoxy) is 3. The average molecular weight is 595 g/mol. The summed E-state index contributed by atoms with van der Waals surface area (Å²) in [6.07, 6.45) is 11.4. The minimum absolute atomic E-state index is 0.212. The summed E-state index contributed by atoms with van der Waals surface area (Å²) in [5, 5.41) is 0. The van der Waals surface area contributed by atoms with Gasteiger partial charge in [0.2, 0.25) is 0 Å². The van der Waals surface area contributed by atoms with Gasteiger partial charge in [0, 0.05) is 12.1 Å². The van der Waals surface area contributed by atoms with Crippen LogP contribution in [0.15, 0.2) is 60.7 Å². The number of hydrogen-bond donors (Lipinski definition) is 0. The highest BCUT2D eigenvalue weighted by molar-refractivity contribution is 5.92. The van der Waals surface area contributed by atoms with Crippen LogP contribution in [0.4, 0.5) is 8.78 Å². The highest BCUT2D eigenvalue weighted by atomic mass is 19.1. The molecular weight excluding hydrogens is 550 g/mol. The van der Waals surface area contributed by atoms with E-state index in [9.17, 15) is 18.4 Å². The summed E-state index contributed by atoms with van der Waals surface area (Å²) in [7, 11) is 0. The molecule has 0 spiro atoms. The molecule has 43 heavy (non-hydrogen) atoms. The van der Waals surface area contributed by atoms with Crippen molar-refractivity contribution < 1.29 is 32.6 Å². The van der Waals surface area contributed by atoms with Gasteiger partial charge in [0.05, 0.1) is 18.3 Å². The zero-order valence-corrected chi connectivity index (χ0v) is 25.6. The number of esters is 2. The molecule has 3 rings (SSSR count). The average Bonchev–Trinajstić information content (AvgIpc) is 2.99. The lowest BCUT2D eigenvalue weighted by atomic mass is 10.0. The van der Waals surface area contributed by atoms with E-state index in [-0.39, 0.29) is 11.3 Å². The van der Waals surface area contributed by atoms with Crippen LogP contribution in [0, 0.1) is 11.6 Å². The van der Waals surface area contributed by atoms with Gasteiger partial charge in [-0.2, -0.15) is 0 Å². The first-order valence-electron chi connectivity index (χ1n) is 15.6. The minimum atomic E-state index is -1.15. The van der Waals surface area contributed by atoms with Gasteiger partial charge in [-0.05, 0) is 61.6 Å². The van der Waals surface area contributed by atoms with Crippen molar-refractivity contribution in [3.63, 3.8) is 0 Å². The summed E-state index contributed by atoms with van der Waals surface area (Å²) in [4.78, 5) is 25.1. The molecule has 0 saturated carbocycles. The third-order valence-corrected chi connectivity index (χ3v) is 7.28. The van der Waals surface area contributed by atoms with Crippen LogP contribution in [0.5, 0.6) is 11.5 Å². The number of benzene rings is 3. The Morgan fingerprint density at radius 3 is 1.81 bits per heavy atom. The van der Waals surface area contributed by atoms with Gasteiger partial charge in [0.1, 0.15) is 28.7 Å². The Kier molecular flexibility index (Phi) is 14.2. The molecule has 0 radical (unpaired) electrons. The number of halogens is 2. The summed E-state index contributed by atoms with van der Waals surface area (Å²) >= 11 is 0. The maximum Gasteiger partial charge on any atom is 0.344 e. The van der Waals surface area contributed by atoms with E-state index in [2.05, 4.69) is 13.8 Å². The van der Waals surface area contributed by atoms with E-state index in [1.807, 2.05) is 24.3 Å². The largest absolute Gasteiger partial charge is 0.494 e. The van der Waals surface area contributed by atoms with E-state index in [0.717, 1.165) is 61.1 Å². The molecule has 5 nitrogen and oxygen atoms in total. The van der Waals surface area contributed by atoms with Crippen LogP contribution < -0.4 is 9.47 Å². The van der Waals surface area contributed by atoms with Gasteiger partial charge in [0.25, 0.3) is 0 Å². The van der Waals surface area contributed by atoms with Crippen molar-refractivity contribution in [3.8, 4) is 22.6 Å². The number of unbranched alkanes of at least 4 members (excludes halogenated alkanes) is 8. The molecule has 0 aliphatic rings. The van der Waals surface area contributed by atoms with E-state index >= 15 is 0 Å². The zero-order chi connectivity index (χ0) is 31.0. The molecule has 0 fully saturated rings. The fraction of sp³-hybridized carbons (Fsp3) is 0.444. The number of hydrogen-bond acceptors (Lipinski definition) is 5. The van der Waals surface area contributed by atoms with Crippen molar-refractivity contribution in [3.05, 3.63) is 83.4 Å². The Labute approximate surface area is 254 Å². The molecule has 0 bridgehead atoms. The number of carbonyl (C=O) groups excluding carboxylic acids is 2. The Hall–Kier alpha value is -3.74. The van der Waals surface area contributed by atoms with Crippen molar-refractivity contribution >= 4 is 11.9 Å². The molecule has 0 heterocycles. The van der Waals surface area contributed by atoms with Crippen LogP contribution in [0.2, 0.25) is 0 Å². The summed E-state index contributed by atoms with van der Waals surface area (Å²) in [5.41, 5.74) is 1.25. The van der Waals surface area contributed by atoms with Gasteiger partial charge >= 0.3 is 11.9 Å². The Morgan fingerprint density at radius 1 is 0.674 bits per heavy atom. The van der Waals surface area contributed by atoms with Gasteiger partial charge in [-0.15, -0.1) is 0 Å². The molecule has 1 atom stereocenters. The zero-order valence-electron chi connectivity index (χ0n) is 25.6. The van der Waals surface area contributed by atoms with E-state index in [0.29, 0.717) is 13.0 Å². The molecule has 232 valence electrons. The Bertz CT molecular complexity index is 1260. The highest BCUT2D eigenvalue weighted by Gasteiger charge is 2.23. The first kappa shape index (κ1) is 33.8. The van der Waals surface area contributed by atoms with Crippen LogP contribution in [-0.4, -0.2) is 24.6 Å². The van der Waals surface area contributed by atoms with Crippen molar-refractivity contribution in [1.82, 2.24) is 0 Å². The van der Waals surface area contributed by atoms with Crippen LogP contribution in [0.25, 0.3) is 11.1 Å². The molecule has 0 aliphatic heterocycles. The lowest BCUT2D eigenvalue weighted by Crippen LogP contribution is -2.18. The predicted octanol–water partition coefficient (Wildman–Crippen LogP) is 10.1. The van der Waals surface area contributed by atoms with E-state index in [4.69, 9.17) is 14.2 Å². The van der Waals surface area contributed by atoms with Crippen LogP contribution in [-0.2, 0) is 4.74 Å². The molecule has 7 heteroatoms. The van der Waals surface area contributed by atoms with Gasteiger partial charge in [0.15, 0.2) is 0 Å². The summed E-state index contributed by atoms with van der Waals surface area (Å²) in [5.74, 6) is -3.69. The Morgan fingerprint density at radius 2 is 1.21 bits per heavy atom. The number of carbonyl (C=O) groups is 2. The normalized spacial score (nSPS) is 11.7. The maximum atomic E-state index is 14.7. The SMILES string of the molecule is CCCCCCCCOc1ccc(-c2ccc(C(=O)Oc3cc(F)c(C(=O)OC(C)CCCCCC)c(F)c3)cc2)cc1. The van der Waals surface area contributed by atoms with Crippen molar-refractivity contribution in [2.45, 2.75) is 97.5 Å². The molecule has 1 unspecified atom stereocenters. The van der Waals surface area contributed by atoms with Crippen molar-refractivity contribution in [2.75, 3.05) is 6.61 Å². The maximum absolute atomic E-state index is 14.7. The summed E-state index contributed by atoms with van der Waals surface area (Å²) < 4.78 is 45.7. The van der Waals surface area contributed by atoms with E-state index in [1.54, 1.807) is 31.2 Å². The van der Waals surface area contributed by atoms with Crippen LogP contribution in [0.3, 0.4) is 0 Å². The molecular formula is C36H44F2O5. The summed E-state index contributed by atoms with van der Waals surface area (Å²) in [6, 6.07) is 16.1. The first-order chi connectivity index (χ1) is 20.8. The second kappa shape index (κ2) is 18.0. The molecule has 0 amide bonds. The molecule has 0 aromatic heterocycles. The van der Waals surface area contributed by atoms with Gasteiger partial charge in [-0.3, -0.25) is 0 Å². The molecule has 0 aliphatic carbocycles. The van der Waals surface area contributed by atoms with Crippen LogP contribution >= 0.6 is 0 Å². The fourth-order valence-corrected chi connectivity index (χ4v) is 4.74. The van der Waals surface area contributed by atoms with Crippen LogP contribution in [0.1, 0.15) is 112 Å². The second-order valence-electron chi connectivity index (χ2n) is 10.9. The lowest BCUT2D eigenvalue weighted by Gasteiger charge is -2.14. The van der Waals surface area contributed by atoms with Gasteiger partial charge < -0.3 is 14.2 Å². The molecule has 0 N–H and O–H groups in total. The molecule has 3 aromatic carbocycles. The third-order valence-electron chi connectivity index (χ3n) is 7.28. The first-order valence-corrected chi connectivity index (χ1v) is 15.6. The summed E-state index contributed by atoms with van der Waals surface area (Å²) in [6.45, 7) is 6.70. The lowest BCUT2D eigenvalue weighted by molar-refractivity contribution is 0.0308. The third kappa shape index (κ3) is 11.1. The molecule has 0 saturated heterocycles. The number of rotatable bonds is 18.